The van der Waals surface area contributed by atoms with Crippen molar-refractivity contribution in [2.45, 2.75) is 48.4 Å². The number of sulfonamides is 1. The summed E-state index contributed by atoms with van der Waals surface area (Å²) >= 11 is 6.13. The van der Waals surface area contributed by atoms with E-state index < -0.39 is 46.9 Å². The van der Waals surface area contributed by atoms with Crippen LogP contribution in [-0.4, -0.2) is 65.9 Å². The van der Waals surface area contributed by atoms with Gasteiger partial charge in [0.25, 0.3) is 25.8 Å². The van der Waals surface area contributed by atoms with Crippen molar-refractivity contribution in [2.75, 3.05) is 37.6 Å². The van der Waals surface area contributed by atoms with Gasteiger partial charge in [-0.25, -0.2) is 25.9 Å². The molecule has 0 bridgehead atoms. The number of nitrogens with zero attached hydrogens (tertiary/aromatic N) is 2. The maximum absolute atomic E-state index is 13.7. The van der Waals surface area contributed by atoms with Crippen molar-refractivity contribution in [2.24, 2.45) is 5.41 Å². The molecule has 1 saturated heterocycles. The monoisotopic (exact) mass is 727 g/mol. The number of hydrogen-bond acceptors (Lipinski definition) is 7. The molecule has 0 spiro atoms. The van der Waals surface area contributed by atoms with E-state index in [1.165, 1.54) is 28.8 Å². The minimum absolute atomic E-state index is 0.0537. The van der Waals surface area contributed by atoms with Gasteiger partial charge in [-0.3, -0.25) is 9.69 Å². The smallest absolute Gasteiger partial charge is 0.369 e. The van der Waals surface area contributed by atoms with Gasteiger partial charge in [-0.15, -0.1) is 0 Å². The Labute approximate surface area is 282 Å². The molecule has 15 heteroatoms. The van der Waals surface area contributed by atoms with Crippen LogP contribution < -0.4 is 9.62 Å². The number of sulfone groups is 1. The summed E-state index contributed by atoms with van der Waals surface area (Å²) in [6, 6.07) is 14.7. The van der Waals surface area contributed by atoms with Gasteiger partial charge in [0.1, 0.15) is 10.7 Å². The highest BCUT2D eigenvalue weighted by Gasteiger charge is 2.49. The summed E-state index contributed by atoms with van der Waals surface area (Å²) < 4.78 is 104. The van der Waals surface area contributed by atoms with Crippen LogP contribution in [-0.2, 0) is 19.9 Å². The van der Waals surface area contributed by atoms with E-state index in [-0.39, 0.29) is 17.0 Å². The molecule has 0 atom stereocenters. The van der Waals surface area contributed by atoms with Gasteiger partial charge >= 0.3 is 5.51 Å². The van der Waals surface area contributed by atoms with Crippen molar-refractivity contribution < 1.29 is 39.2 Å². The van der Waals surface area contributed by atoms with E-state index in [0.717, 1.165) is 44.6 Å². The van der Waals surface area contributed by atoms with Crippen LogP contribution in [0.15, 0.2) is 82.1 Å². The lowest BCUT2D eigenvalue weighted by Gasteiger charge is -2.39. The summed E-state index contributed by atoms with van der Waals surface area (Å²) in [6.07, 6.45) is 3.11. The summed E-state index contributed by atoms with van der Waals surface area (Å²) in [6.45, 7) is 8.42. The van der Waals surface area contributed by atoms with E-state index in [2.05, 4.69) is 35.8 Å². The number of alkyl halides is 3. The van der Waals surface area contributed by atoms with Crippen molar-refractivity contribution in [1.29, 1.82) is 0 Å². The van der Waals surface area contributed by atoms with Crippen LogP contribution in [0.2, 0.25) is 5.02 Å². The van der Waals surface area contributed by atoms with Crippen LogP contribution in [0.5, 0.6) is 0 Å². The second kappa shape index (κ2) is 13.4. The summed E-state index contributed by atoms with van der Waals surface area (Å²) in [5, 5.41) is 0.702. The minimum Gasteiger partial charge on any atom is -0.369 e. The third-order valence-corrected chi connectivity index (χ3v) is 12.0. The summed E-state index contributed by atoms with van der Waals surface area (Å²) in [5.74, 6) is -2.61. The second-order valence-electron chi connectivity index (χ2n) is 12.7. The number of carbonyl (C=O) groups excluding carboxylic acids is 1. The van der Waals surface area contributed by atoms with Crippen molar-refractivity contribution in [3.63, 3.8) is 0 Å². The van der Waals surface area contributed by atoms with Crippen LogP contribution in [0.1, 0.15) is 49.0 Å². The fourth-order valence-corrected chi connectivity index (χ4v) is 8.77. The molecule has 258 valence electrons. The highest BCUT2D eigenvalue weighted by molar-refractivity contribution is 7.94. The Morgan fingerprint density at radius 2 is 1.52 bits per heavy atom. The van der Waals surface area contributed by atoms with Gasteiger partial charge in [0.2, 0.25) is 0 Å². The molecule has 1 heterocycles. The molecule has 0 aromatic heterocycles. The average molecular weight is 728 g/mol. The van der Waals surface area contributed by atoms with Gasteiger partial charge in [-0.2, -0.15) is 13.2 Å². The first kappa shape index (κ1) is 35.8. The molecule has 1 amide bonds. The molecule has 1 aliphatic heterocycles. The number of hydrogen-bond donors (Lipinski definition) is 1. The highest BCUT2D eigenvalue weighted by atomic mass is 35.5. The molecule has 1 fully saturated rings. The zero-order valence-corrected chi connectivity index (χ0v) is 28.5. The molecule has 3 aromatic carbocycles. The molecule has 8 nitrogen and oxygen atoms in total. The lowest BCUT2D eigenvalue weighted by molar-refractivity contribution is -0.0437. The lowest BCUT2D eigenvalue weighted by atomic mass is 9.73. The number of allylic oxidation sites excluding steroid dienone is 1. The maximum Gasteiger partial charge on any atom is 0.501 e. The standard InChI is InChI=1S/C33H34ClF4N3O5S2/c1-32(2)14-13-28(22-3-7-25(34)8-4-22)24(20-32)21-40-15-17-41(18-16-40)27-10-5-23(6-11-27)31(42)39-48(45,46)29-12-9-26(35)19-30(29)47(43,44)33(36,37)38/h3-12,19H,13-18,20-21H2,1-2H3,(H,39,42). The first-order valence-corrected chi connectivity index (χ1v) is 18.4. The van der Waals surface area contributed by atoms with Crippen LogP contribution in [0.3, 0.4) is 0 Å². The Bertz CT molecular complexity index is 1940. The van der Waals surface area contributed by atoms with Gasteiger partial charge in [-0.05, 0) is 90.4 Å². The first-order valence-electron chi connectivity index (χ1n) is 15.1. The Morgan fingerprint density at radius 1 is 0.896 bits per heavy atom. The molecule has 2 aliphatic rings. The van der Waals surface area contributed by atoms with Crippen LogP contribution in [0.25, 0.3) is 5.57 Å². The second-order valence-corrected chi connectivity index (χ2v) is 16.7. The SMILES string of the molecule is CC1(C)CCC(c2ccc(Cl)cc2)=C(CN2CCN(c3ccc(C(=O)NS(=O)(=O)c4ccc(F)cc4S(=O)(=O)C(F)(F)F)cc3)CC2)C1. The molecule has 1 N–H and O–H groups in total. The summed E-state index contributed by atoms with van der Waals surface area (Å²) in [7, 11) is -11.4. The molecule has 3 aromatic rings. The molecular formula is C33H34ClF4N3O5S2. The predicted molar refractivity (Wildman–Crippen MR) is 175 cm³/mol. The third kappa shape index (κ3) is 7.88. The molecular weight excluding hydrogens is 694 g/mol. The summed E-state index contributed by atoms with van der Waals surface area (Å²) in [5.41, 5.74) is -1.04. The molecule has 48 heavy (non-hydrogen) atoms. The van der Waals surface area contributed by atoms with E-state index in [4.69, 9.17) is 11.6 Å². The molecule has 1 aliphatic carbocycles. The Kier molecular flexibility index (Phi) is 10.0. The van der Waals surface area contributed by atoms with E-state index in [9.17, 15) is 39.2 Å². The van der Waals surface area contributed by atoms with Crippen molar-refractivity contribution in [3.05, 3.63) is 94.3 Å². The van der Waals surface area contributed by atoms with E-state index in [0.29, 0.717) is 30.2 Å². The van der Waals surface area contributed by atoms with Gasteiger partial charge < -0.3 is 4.90 Å². The number of anilines is 1. The number of benzene rings is 3. The molecule has 0 saturated carbocycles. The fraction of sp³-hybridized carbons (Fsp3) is 0.364. The van der Waals surface area contributed by atoms with E-state index in [1.807, 2.05) is 12.1 Å². The Balaban J connectivity index is 1.24. The van der Waals surface area contributed by atoms with Gasteiger partial charge in [0, 0.05) is 49.0 Å². The van der Waals surface area contributed by atoms with Gasteiger partial charge in [0.15, 0.2) is 0 Å². The quantitative estimate of drug-likeness (QED) is 0.259. The third-order valence-electron chi connectivity index (χ3n) is 8.66. The number of piperazine rings is 1. The van der Waals surface area contributed by atoms with Crippen molar-refractivity contribution >= 4 is 48.6 Å². The molecule has 0 radical (unpaired) electrons. The normalized spacial score (nSPS) is 17.8. The van der Waals surface area contributed by atoms with Crippen LogP contribution >= 0.6 is 11.6 Å². The van der Waals surface area contributed by atoms with Gasteiger partial charge in [0.05, 0.1) is 4.90 Å². The zero-order chi connectivity index (χ0) is 35.1. The van der Waals surface area contributed by atoms with Gasteiger partial charge in [-0.1, -0.05) is 43.2 Å². The predicted octanol–water partition coefficient (Wildman–Crippen LogP) is 6.68. The van der Waals surface area contributed by atoms with E-state index >= 15 is 0 Å². The number of halogens is 5. The summed E-state index contributed by atoms with van der Waals surface area (Å²) in [4.78, 5) is 14.1. The number of carbonyl (C=O) groups is 1. The zero-order valence-electron chi connectivity index (χ0n) is 26.1. The van der Waals surface area contributed by atoms with Crippen molar-refractivity contribution in [1.82, 2.24) is 9.62 Å². The molecule has 5 rings (SSSR count). The highest BCUT2D eigenvalue weighted by Crippen LogP contribution is 2.43. The Morgan fingerprint density at radius 3 is 2.12 bits per heavy atom. The average Bonchev–Trinajstić information content (AvgIpc) is 3.01. The Hall–Kier alpha value is -3.46. The lowest BCUT2D eigenvalue weighted by Crippen LogP contribution is -2.47. The number of rotatable bonds is 8. The minimum atomic E-state index is -6.25. The number of amides is 1. The largest absolute Gasteiger partial charge is 0.501 e. The van der Waals surface area contributed by atoms with Crippen LogP contribution in [0.4, 0.5) is 23.2 Å². The van der Waals surface area contributed by atoms with Crippen molar-refractivity contribution in [3.8, 4) is 0 Å². The first-order chi connectivity index (χ1) is 22.4. The van der Waals surface area contributed by atoms with E-state index in [1.54, 1.807) is 16.9 Å². The maximum atomic E-state index is 13.7. The molecule has 0 unspecified atom stereocenters. The number of nitrogens with one attached hydrogen (secondary N) is 1. The van der Waals surface area contributed by atoms with Crippen LogP contribution in [0, 0.1) is 11.2 Å². The fourth-order valence-electron chi connectivity index (χ4n) is 6.10. The topological polar surface area (TPSA) is 104 Å².